The molecule has 0 unspecified atom stereocenters. The van der Waals surface area contributed by atoms with Gasteiger partial charge in [-0.2, -0.15) is 5.10 Å². The maximum Gasteiger partial charge on any atom is 0.323 e. The third kappa shape index (κ3) is 3.30. The standard InChI is InChI=1S/C12H21N3O2/c1-5-6-15-9-10(7-13-15)8-14(4)12(2,3)11(16)17/h7,9H,5-6,8H2,1-4H3,(H,16,17). The molecule has 0 bridgehead atoms. The predicted octanol–water partition coefficient (Wildman–Crippen LogP) is 1.59. The molecule has 0 saturated heterocycles. The number of rotatable bonds is 6. The van der Waals surface area contributed by atoms with Crippen LogP contribution < -0.4 is 0 Å². The normalized spacial score (nSPS) is 12.1. The van der Waals surface area contributed by atoms with E-state index in [-0.39, 0.29) is 0 Å². The smallest absolute Gasteiger partial charge is 0.323 e. The van der Waals surface area contributed by atoms with Crippen LogP contribution in [0.2, 0.25) is 0 Å². The average Bonchev–Trinajstić information content (AvgIpc) is 2.65. The van der Waals surface area contributed by atoms with E-state index < -0.39 is 11.5 Å². The van der Waals surface area contributed by atoms with Gasteiger partial charge in [0, 0.05) is 24.8 Å². The van der Waals surface area contributed by atoms with Gasteiger partial charge in [0.05, 0.1) is 6.20 Å². The number of carboxylic acids is 1. The van der Waals surface area contributed by atoms with E-state index in [0.717, 1.165) is 18.5 Å². The van der Waals surface area contributed by atoms with E-state index in [1.165, 1.54) is 0 Å². The highest BCUT2D eigenvalue weighted by Gasteiger charge is 2.31. The molecule has 0 fully saturated rings. The highest BCUT2D eigenvalue weighted by Crippen LogP contribution is 2.15. The Morgan fingerprint density at radius 2 is 2.24 bits per heavy atom. The molecule has 96 valence electrons. The van der Waals surface area contributed by atoms with Gasteiger partial charge in [-0.15, -0.1) is 0 Å². The molecule has 1 N–H and O–H groups in total. The topological polar surface area (TPSA) is 58.4 Å². The van der Waals surface area contributed by atoms with Crippen molar-refractivity contribution >= 4 is 5.97 Å². The third-order valence-corrected chi connectivity index (χ3v) is 3.04. The van der Waals surface area contributed by atoms with Crippen LogP contribution in [0.15, 0.2) is 12.4 Å². The van der Waals surface area contributed by atoms with Crippen LogP contribution in [0.5, 0.6) is 0 Å². The fourth-order valence-electron chi connectivity index (χ4n) is 1.47. The molecule has 1 rings (SSSR count). The van der Waals surface area contributed by atoms with Crippen molar-refractivity contribution in [3.8, 4) is 0 Å². The van der Waals surface area contributed by atoms with Crippen molar-refractivity contribution in [1.82, 2.24) is 14.7 Å². The predicted molar refractivity (Wildman–Crippen MR) is 65.7 cm³/mol. The summed E-state index contributed by atoms with van der Waals surface area (Å²) in [5, 5.41) is 13.3. The fourth-order valence-corrected chi connectivity index (χ4v) is 1.47. The van der Waals surface area contributed by atoms with Gasteiger partial charge in [0.1, 0.15) is 5.54 Å². The van der Waals surface area contributed by atoms with E-state index in [0.29, 0.717) is 6.54 Å². The van der Waals surface area contributed by atoms with Crippen molar-refractivity contribution < 1.29 is 9.90 Å². The van der Waals surface area contributed by atoms with E-state index in [4.69, 9.17) is 5.11 Å². The maximum atomic E-state index is 11.1. The highest BCUT2D eigenvalue weighted by atomic mass is 16.4. The lowest BCUT2D eigenvalue weighted by atomic mass is 10.0. The molecule has 1 aromatic rings. The monoisotopic (exact) mass is 239 g/mol. The number of aryl methyl sites for hydroxylation is 1. The second kappa shape index (κ2) is 5.31. The average molecular weight is 239 g/mol. The second-order valence-corrected chi connectivity index (χ2v) is 4.83. The quantitative estimate of drug-likeness (QED) is 0.819. The molecule has 0 aromatic carbocycles. The van der Waals surface area contributed by atoms with Crippen LogP contribution in [0.1, 0.15) is 32.8 Å². The summed E-state index contributed by atoms with van der Waals surface area (Å²) in [7, 11) is 1.81. The molecule has 17 heavy (non-hydrogen) atoms. The number of nitrogens with zero attached hydrogens (tertiary/aromatic N) is 3. The zero-order valence-electron chi connectivity index (χ0n) is 11.0. The van der Waals surface area contributed by atoms with Crippen LogP contribution in [0.4, 0.5) is 0 Å². The minimum Gasteiger partial charge on any atom is -0.480 e. The lowest BCUT2D eigenvalue weighted by molar-refractivity contribution is -0.148. The van der Waals surface area contributed by atoms with Crippen molar-refractivity contribution in [2.75, 3.05) is 7.05 Å². The zero-order valence-corrected chi connectivity index (χ0v) is 11.0. The number of likely N-dealkylation sites (N-methyl/N-ethyl adjacent to an activating group) is 1. The van der Waals surface area contributed by atoms with Crippen molar-refractivity contribution in [3.05, 3.63) is 18.0 Å². The molecule has 1 heterocycles. The summed E-state index contributed by atoms with van der Waals surface area (Å²) < 4.78 is 1.89. The Kier molecular flexibility index (Phi) is 4.28. The SMILES string of the molecule is CCCn1cc(CN(C)C(C)(C)C(=O)O)cn1. The Hall–Kier alpha value is -1.36. The van der Waals surface area contributed by atoms with Gasteiger partial charge in [0.25, 0.3) is 0 Å². The van der Waals surface area contributed by atoms with E-state index in [1.54, 1.807) is 20.0 Å². The molecule has 5 nitrogen and oxygen atoms in total. The second-order valence-electron chi connectivity index (χ2n) is 4.83. The summed E-state index contributed by atoms with van der Waals surface area (Å²) in [6.45, 7) is 6.98. The molecule has 5 heteroatoms. The minimum absolute atomic E-state index is 0.586. The van der Waals surface area contributed by atoms with E-state index in [2.05, 4.69) is 12.0 Å². The molecular weight excluding hydrogens is 218 g/mol. The van der Waals surface area contributed by atoms with Gasteiger partial charge < -0.3 is 5.11 Å². The number of hydrogen-bond acceptors (Lipinski definition) is 3. The Balaban J connectivity index is 2.67. The largest absolute Gasteiger partial charge is 0.480 e. The van der Waals surface area contributed by atoms with E-state index in [9.17, 15) is 4.79 Å². The van der Waals surface area contributed by atoms with Crippen LogP contribution in [0, 0.1) is 0 Å². The van der Waals surface area contributed by atoms with Crippen LogP contribution in [-0.4, -0.2) is 38.3 Å². The molecule has 0 radical (unpaired) electrons. The Morgan fingerprint density at radius 3 is 2.76 bits per heavy atom. The number of carbonyl (C=O) groups is 1. The van der Waals surface area contributed by atoms with Gasteiger partial charge in [-0.1, -0.05) is 6.92 Å². The Morgan fingerprint density at radius 1 is 1.59 bits per heavy atom. The summed E-state index contributed by atoms with van der Waals surface area (Å²) in [5.74, 6) is -0.819. The van der Waals surface area contributed by atoms with Crippen LogP contribution >= 0.6 is 0 Å². The summed E-state index contributed by atoms with van der Waals surface area (Å²) >= 11 is 0. The molecule has 0 aliphatic rings. The molecule has 0 aliphatic heterocycles. The van der Waals surface area contributed by atoms with Gasteiger partial charge in [-0.3, -0.25) is 14.4 Å². The Bertz CT molecular complexity index is 385. The first-order valence-electron chi connectivity index (χ1n) is 5.84. The van der Waals surface area contributed by atoms with E-state index >= 15 is 0 Å². The number of aromatic nitrogens is 2. The van der Waals surface area contributed by atoms with Crippen LogP contribution in [0.25, 0.3) is 0 Å². The number of carboxylic acid groups (broad SMARTS) is 1. The van der Waals surface area contributed by atoms with Gasteiger partial charge in [0.2, 0.25) is 0 Å². The third-order valence-electron chi connectivity index (χ3n) is 3.04. The fraction of sp³-hybridized carbons (Fsp3) is 0.667. The summed E-state index contributed by atoms with van der Waals surface area (Å²) in [6, 6.07) is 0. The van der Waals surface area contributed by atoms with Crippen molar-refractivity contribution in [2.24, 2.45) is 0 Å². The molecule has 0 spiro atoms. The molecule has 0 amide bonds. The highest BCUT2D eigenvalue weighted by molar-refractivity contribution is 5.77. The first kappa shape index (κ1) is 13.7. The molecule has 1 aromatic heterocycles. The van der Waals surface area contributed by atoms with Crippen molar-refractivity contribution in [3.63, 3.8) is 0 Å². The van der Waals surface area contributed by atoms with Gasteiger partial charge in [-0.25, -0.2) is 0 Å². The van der Waals surface area contributed by atoms with Crippen LogP contribution in [-0.2, 0) is 17.9 Å². The van der Waals surface area contributed by atoms with Crippen molar-refractivity contribution in [1.29, 1.82) is 0 Å². The number of hydrogen-bond donors (Lipinski definition) is 1. The lowest BCUT2D eigenvalue weighted by Crippen LogP contribution is -2.47. The summed E-state index contributed by atoms with van der Waals surface area (Å²) in [6.07, 6.45) is 4.81. The minimum atomic E-state index is -0.868. The first-order valence-corrected chi connectivity index (χ1v) is 5.84. The van der Waals surface area contributed by atoms with E-state index in [1.807, 2.05) is 22.8 Å². The summed E-state index contributed by atoms with van der Waals surface area (Å²) in [4.78, 5) is 12.9. The molecule has 0 saturated carbocycles. The lowest BCUT2D eigenvalue weighted by Gasteiger charge is -2.30. The Labute approximate surface area is 102 Å². The van der Waals surface area contributed by atoms with Gasteiger partial charge in [-0.05, 0) is 27.3 Å². The number of aliphatic carboxylic acids is 1. The van der Waals surface area contributed by atoms with Gasteiger partial charge >= 0.3 is 5.97 Å². The zero-order chi connectivity index (χ0) is 13.1. The van der Waals surface area contributed by atoms with Crippen molar-refractivity contribution in [2.45, 2.75) is 45.8 Å². The first-order chi connectivity index (χ1) is 7.87. The van der Waals surface area contributed by atoms with Crippen LogP contribution in [0.3, 0.4) is 0 Å². The maximum absolute atomic E-state index is 11.1. The molecule has 0 atom stereocenters. The summed E-state index contributed by atoms with van der Waals surface area (Å²) in [5.41, 5.74) is 0.169. The molecule has 0 aliphatic carbocycles. The van der Waals surface area contributed by atoms with Gasteiger partial charge in [0.15, 0.2) is 0 Å². The molecular formula is C12H21N3O2.